The number of ether oxygens (including phenoxy) is 1. The summed E-state index contributed by atoms with van der Waals surface area (Å²) in [5.41, 5.74) is 1.43. The van der Waals surface area contributed by atoms with Gasteiger partial charge in [0.25, 0.3) is 0 Å². The molecule has 1 aliphatic rings. The van der Waals surface area contributed by atoms with Crippen LogP contribution in [0, 0.1) is 0 Å². The SMILES string of the molecule is CCCCCCCC1OCC(C)=C1I. The summed E-state index contributed by atoms with van der Waals surface area (Å²) in [6.45, 7) is 5.30. The highest BCUT2D eigenvalue weighted by Crippen LogP contribution is 2.30. The molecule has 0 aromatic rings. The largest absolute Gasteiger partial charge is 0.369 e. The summed E-state index contributed by atoms with van der Waals surface area (Å²) in [5.74, 6) is 0. The van der Waals surface area contributed by atoms with Crippen molar-refractivity contribution in [1.29, 1.82) is 0 Å². The molecule has 0 saturated carbocycles. The summed E-state index contributed by atoms with van der Waals surface area (Å²) in [6.07, 6.45) is 8.45. The maximum atomic E-state index is 5.70. The van der Waals surface area contributed by atoms with Gasteiger partial charge in [0.15, 0.2) is 0 Å². The summed E-state index contributed by atoms with van der Waals surface area (Å²) in [4.78, 5) is 0. The Morgan fingerprint density at radius 1 is 1.29 bits per heavy atom. The van der Waals surface area contributed by atoms with Gasteiger partial charge in [-0.25, -0.2) is 0 Å². The van der Waals surface area contributed by atoms with Crippen molar-refractivity contribution >= 4 is 22.6 Å². The average Bonchev–Trinajstić information content (AvgIpc) is 2.49. The van der Waals surface area contributed by atoms with Gasteiger partial charge in [0.05, 0.1) is 12.7 Å². The number of halogens is 1. The molecule has 82 valence electrons. The van der Waals surface area contributed by atoms with Gasteiger partial charge in [0, 0.05) is 3.58 Å². The average molecular weight is 308 g/mol. The first-order valence-electron chi connectivity index (χ1n) is 5.72. The highest BCUT2D eigenvalue weighted by Gasteiger charge is 2.20. The van der Waals surface area contributed by atoms with E-state index in [0.717, 1.165) is 6.61 Å². The molecule has 1 heterocycles. The molecular formula is C12H21IO. The third-order valence-corrected chi connectivity index (χ3v) is 4.38. The van der Waals surface area contributed by atoms with Gasteiger partial charge in [-0.3, -0.25) is 0 Å². The molecule has 1 nitrogen and oxygen atoms in total. The zero-order valence-electron chi connectivity index (χ0n) is 9.31. The predicted octanol–water partition coefficient (Wildman–Crippen LogP) is 4.45. The van der Waals surface area contributed by atoms with Crippen LogP contribution < -0.4 is 0 Å². The normalized spacial score (nSPS) is 22.1. The topological polar surface area (TPSA) is 9.23 Å². The second kappa shape index (κ2) is 6.83. The molecule has 2 heteroatoms. The monoisotopic (exact) mass is 308 g/mol. The molecule has 0 saturated heterocycles. The van der Waals surface area contributed by atoms with Crippen molar-refractivity contribution in [3.8, 4) is 0 Å². The molecule has 14 heavy (non-hydrogen) atoms. The van der Waals surface area contributed by atoms with E-state index in [0.29, 0.717) is 6.10 Å². The van der Waals surface area contributed by atoms with E-state index >= 15 is 0 Å². The molecular weight excluding hydrogens is 287 g/mol. The van der Waals surface area contributed by atoms with Crippen LogP contribution in [0.4, 0.5) is 0 Å². The summed E-state index contributed by atoms with van der Waals surface area (Å²) >= 11 is 2.44. The molecule has 0 radical (unpaired) electrons. The van der Waals surface area contributed by atoms with Crippen molar-refractivity contribution in [2.24, 2.45) is 0 Å². The first-order chi connectivity index (χ1) is 6.75. The molecule has 0 aromatic heterocycles. The minimum absolute atomic E-state index is 0.428. The lowest BCUT2D eigenvalue weighted by molar-refractivity contribution is 0.115. The Hall–Kier alpha value is 0.430. The molecule has 1 unspecified atom stereocenters. The Labute approximate surface area is 101 Å². The number of rotatable bonds is 6. The summed E-state index contributed by atoms with van der Waals surface area (Å²) in [7, 11) is 0. The zero-order chi connectivity index (χ0) is 10.4. The van der Waals surface area contributed by atoms with Crippen LogP contribution in [-0.4, -0.2) is 12.7 Å². The number of hydrogen-bond donors (Lipinski definition) is 0. The van der Waals surface area contributed by atoms with Gasteiger partial charge in [-0.2, -0.15) is 0 Å². The van der Waals surface area contributed by atoms with Crippen molar-refractivity contribution in [1.82, 2.24) is 0 Å². The van der Waals surface area contributed by atoms with Crippen LogP contribution >= 0.6 is 22.6 Å². The molecule has 0 N–H and O–H groups in total. The molecule has 0 amide bonds. The van der Waals surface area contributed by atoms with Crippen LogP contribution in [0.3, 0.4) is 0 Å². The van der Waals surface area contributed by atoms with Gasteiger partial charge in [-0.15, -0.1) is 0 Å². The Bertz CT molecular complexity index is 198. The first kappa shape index (κ1) is 12.5. The molecule has 0 bridgehead atoms. The second-order valence-electron chi connectivity index (χ2n) is 4.13. The predicted molar refractivity (Wildman–Crippen MR) is 69.8 cm³/mol. The highest BCUT2D eigenvalue weighted by atomic mass is 127. The van der Waals surface area contributed by atoms with Crippen LogP contribution in [0.1, 0.15) is 52.4 Å². The Kier molecular flexibility index (Phi) is 6.10. The standard InChI is InChI=1S/C12H21IO/c1-3-4-5-6-7-8-11-12(13)10(2)9-14-11/h11H,3-9H2,1-2H3. The van der Waals surface area contributed by atoms with E-state index in [1.807, 2.05) is 0 Å². The van der Waals surface area contributed by atoms with E-state index in [9.17, 15) is 0 Å². The fourth-order valence-corrected chi connectivity index (χ4v) is 2.43. The van der Waals surface area contributed by atoms with E-state index < -0.39 is 0 Å². The lowest BCUT2D eigenvalue weighted by Gasteiger charge is -2.10. The van der Waals surface area contributed by atoms with Crippen molar-refractivity contribution in [3.63, 3.8) is 0 Å². The zero-order valence-corrected chi connectivity index (χ0v) is 11.5. The first-order valence-corrected chi connectivity index (χ1v) is 6.80. The maximum absolute atomic E-state index is 5.70. The van der Waals surface area contributed by atoms with E-state index in [-0.39, 0.29) is 0 Å². The van der Waals surface area contributed by atoms with Crippen LogP contribution in [0.25, 0.3) is 0 Å². The molecule has 1 aliphatic heterocycles. The van der Waals surface area contributed by atoms with E-state index in [1.54, 1.807) is 0 Å². The van der Waals surface area contributed by atoms with Crippen molar-refractivity contribution in [3.05, 3.63) is 9.15 Å². The lowest BCUT2D eigenvalue weighted by Crippen LogP contribution is -2.06. The van der Waals surface area contributed by atoms with Crippen LogP contribution in [0.5, 0.6) is 0 Å². The quantitative estimate of drug-likeness (QED) is 0.520. The molecule has 0 aromatic carbocycles. The van der Waals surface area contributed by atoms with E-state index in [1.165, 1.54) is 47.7 Å². The minimum atomic E-state index is 0.428. The van der Waals surface area contributed by atoms with Gasteiger partial charge in [0.1, 0.15) is 0 Å². The molecule has 1 atom stereocenters. The van der Waals surface area contributed by atoms with Gasteiger partial charge >= 0.3 is 0 Å². The Morgan fingerprint density at radius 2 is 2.00 bits per heavy atom. The minimum Gasteiger partial charge on any atom is -0.369 e. The number of hydrogen-bond acceptors (Lipinski definition) is 1. The van der Waals surface area contributed by atoms with Gasteiger partial charge in [-0.05, 0) is 41.5 Å². The lowest BCUT2D eigenvalue weighted by atomic mass is 10.1. The van der Waals surface area contributed by atoms with E-state index in [4.69, 9.17) is 4.74 Å². The van der Waals surface area contributed by atoms with Gasteiger partial charge in [-0.1, -0.05) is 39.0 Å². The van der Waals surface area contributed by atoms with Crippen LogP contribution in [0.15, 0.2) is 9.15 Å². The van der Waals surface area contributed by atoms with Crippen molar-refractivity contribution in [2.45, 2.75) is 58.5 Å². The summed E-state index contributed by atoms with van der Waals surface area (Å²) in [5, 5.41) is 0. The smallest absolute Gasteiger partial charge is 0.0886 e. The van der Waals surface area contributed by atoms with E-state index in [2.05, 4.69) is 36.4 Å². The maximum Gasteiger partial charge on any atom is 0.0886 e. The number of unbranched alkanes of at least 4 members (excludes halogenated alkanes) is 4. The Balaban J connectivity index is 2.08. The summed E-state index contributed by atoms with van der Waals surface area (Å²) < 4.78 is 7.16. The second-order valence-corrected chi connectivity index (χ2v) is 5.29. The Morgan fingerprint density at radius 3 is 2.57 bits per heavy atom. The fourth-order valence-electron chi connectivity index (χ4n) is 1.79. The van der Waals surface area contributed by atoms with Crippen LogP contribution in [0.2, 0.25) is 0 Å². The van der Waals surface area contributed by atoms with Crippen molar-refractivity contribution in [2.75, 3.05) is 6.61 Å². The van der Waals surface area contributed by atoms with Gasteiger partial charge in [0.2, 0.25) is 0 Å². The van der Waals surface area contributed by atoms with Crippen LogP contribution in [-0.2, 0) is 4.74 Å². The summed E-state index contributed by atoms with van der Waals surface area (Å²) in [6, 6.07) is 0. The van der Waals surface area contributed by atoms with Gasteiger partial charge < -0.3 is 4.74 Å². The molecule has 0 spiro atoms. The third-order valence-electron chi connectivity index (χ3n) is 2.76. The molecule has 1 rings (SSSR count). The molecule has 0 fully saturated rings. The highest BCUT2D eigenvalue weighted by molar-refractivity contribution is 14.1. The fraction of sp³-hybridized carbons (Fsp3) is 0.833. The van der Waals surface area contributed by atoms with Crippen molar-refractivity contribution < 1.29 is 4.74 Å². The third kappa shape index (κ3) is 3.89. The molecule has 0 aliphatic carbocycles.